The summed E-state index contributed by atoms with van der Waals surface area (Å²) in [7, 11) is 0. The summed E-state index contributed by atoms with van der Waals surface area (Å²) in [5.74, 6) is 0.220. The number of hydrazone groups is 1. The number of phenolic OH excluding ortho intramolecular Hbond substituents is 1. The molecule has 0 aromatic heterocycles. The molecule has 2 aliphatic heterocycles. The van der Waals surface area contributed by atoms with Gasteiger partial charge in [0.1, 0.15) is 10.8 Å². The third-order valence-corrected chi connectivity index (χ3v) is 6.01. The molecular weight excluding hydrogens is 400 g/mol. The highest BCUT2D eigenvalue weighted by Gasteiger charge is 2.39. The Balaban J connectivity index is 1.60. The Morgan fingerprint density at radius 3 is 2.21 bits per heavy atom. The van der Waals surface area contributed by atoms with Crippen molar-refractivity contribution in [3.63, 3.8) is 0 Å². The van der Waals surface area contributed by atoms with Crippen LogP contribution in [0.15, 0.2) is 95.0 Å². The predicted molar refractivity (Wildman–Crippen MR) is 122 cm³/mol. The summed E-state index contributed by atoms with van der Waals surface area (Å²) in [6.07, 6.45) is -0.338. The van der Waals surface area contributed by atoms with Crippen molar-refractivity contribution in [3.05, 3.63) is 96.1 Å². The van der Waals surface area contributed by atoms with Gasteiger partial charge in [0, 0.05) is 11.3 Å². The number of hydrogen-bond donors (Lipinski definition) is 1. The molecule has 1 N–H and O–H groups in total. The van der Waals surface area contributed by atoms with Gasteiger partial charge in [-0.25, -0.2) is 4.99 Å². The summed E-state index contributed by atoms with van der Waals surface area (Å²) in [5.41, 5.74) is 2.91. The van der Waals surface area contributed by atoms with Gasteiger partial charge in [0.25, 0.3) is 0 Å². The van der Waals surface area contributed by atoms with Gasteiger partial charge in [-0.15, -0.1) is 0 Å². The Bertz CT molecular complexity index is 1110. The van der Waals surface area contributed by atoms with Crippen molar-refractivity contribution in [2.75, 3.05) is 4.90 Å². The summed E-state index contributed by atoms with van der Waals surface area (Å²) in [4.78, 5) is 6.96. The number of hydrogen-bond acceptors (Lipinski definition) is 5. The number of anilines is 1. The molecule has 0 aliphatic carbocycles. The van der Waals surface area contributed by atoms with Crippen molar-refractivity contribution in [1.29, 1.82) is 0 Å². The molecule has 1 atom stereocenters. The normalized spacial score (nSPS) is 18.3. The van der Waals surface area contributed by atoms with Crippen LogP contribution in [0.5, 0.6) is 5.75 Å². The lowest BCUT2D eigenvalue weighted by molar-refractivity contribution is 0.474. The van der Waals surface area contributed by atoms with E-state index in [1.165, 1.54) is 11.8 Å². The first-order valence-corrected chi connectivity index (χ1v) is 10.3. The van der Waals surface area contributed by atoms with Gasteiger partial charge in [0.2, 0.25) is 5.11 Å². The zero-order chi connectivity index (χ0) is 19.8. The van der Waals surface area contributed by atoms with Crippen LogP contribution >= 0.6 is 24.0 Å². The molecular formula is C22H16N4OS2. The second-order valence-corrected chi connectivity index (χ2v) is 7.87. The van der Waals surface area contributed by atoms with E-state index in [1.807, 2.05) is 77.7 Å². The zero-order valence-electron chi connectivity index (χ0n) is 15.2. The van der Waals surface area contributed by atoms with Crippen LogP contribution in [0.4, 0.5) is 5.69 Å². The number of nitrogens with zero attached hydrogens (tertiary/aromatic N) is 4. The summed E-state index contributed by atoms with van der Waals surface area (Å²) in [6.45, 7) is 0. The van der Waals surface area contributed by atoms with Crippen LogP contribution in [0.1, 0.15) is 17.3 Å². The largest absolute Gasteiger partial charge is 0.508 e. The Hall–Kier alpha value is -3.16. The molecule has 5 rings (SSSR count). The number of para-hydroxylation sites is 1. The van der Waals surface area contributed by atoms with Crippen molar-refractivity contribution in [2.24, 2.45) is 10.1 Å². The lowest BCUT2D eigenvalue weighted by Crippen LogP contribution is -2.47. The van der Waals surface area contributed by atoms with Crippen LogP contribution < -0.4 is 4.90 Å². The fourth-order valence-electron chi connectivity index (χ4n) is 3.27. The maximum Gasteiger partial charge on any atom is 0.205 e. The first-order chi connectivity index (χ1) is 14.2. The lowest BCUT2D eigenvalue weighted by atomic mass is 10.1. The Labute approximate surface area is 178 Å². The highest BCUT2D eigenvalue weighted by atomic mass is 32.2. The average molecular weight is 417 g/mol. The molecule has 2 heterocycles. The van der Waals surface area contributed by atoms with Gasteiger partial charge in [-0.1, -0.05) is 60.7 Å². The van der Waals surface area contributed by atoms with Crippen molar-refractivity contribution < 1.29 is 5.11 Å². The lowest BCUT2D eigenvalue weighted by Gasteiger charge is -2.37. The van der Waals surface area contributed by atoms with Crippen molar-refractivity contribution in [3.8, 4) is 5.75 Å². The third kappa shape index (κ3) is 3.28. The van der Waals surface area contributed by atoms with E-state index in [9.17, 15) is 5.11 Å². The molecule has 3 aromatic rings. The maximum absolute atomic E-state index is 9.70. The molecule has 0 bridgehead atoms. The quantitative estimate of drug-likeness (QED) is 0.612. The van der Waals surface area contributed by atoms with Crippen LogP contribution in [-0.2, 0) is 0 Å². The van der Waals surface area contributed by atoms with Gasteiger partial charge in [-0.3, -0.25) is 4.90 Å². The van der Waals surface area contributed by atoms with Gasteiger partial charge in [0.15, 0.2) is 11.3 Å². The van der Waals surface area contributed by atoms with Crippen molar-refractivity contribution in [1.82, 2.24) is 5.01 Å². The fourth-order valence-corrected chi connectivity index (χ4v) is 4.57. The average Bonchev–Trinajstić information content (AvgIpc) is 3.20. The SMILES string of the molecule is Oc1ccc([C@@H]2N=C3SC(c4ccccc4)=NN3C(=S)N2c2ccccc2)cc1. The maximum atomic E-state index is 9.70. The monoisotopic (exact) mass is 416 g/mol. The van der Waals surface area contributed by atoms with Crippen LogP contribution in [0.2, 0.25) is 0 Å². The highest BCUT2D eigenvalue weighted by molar-refractivity contribution is 8.27. The minimum absolute atomic E-state index is 0.220. The molecule has 0 radical (unpaired) electrons. The van der Waals surface area contributed by atoms with Crippen LogP contribution in [0.25, 0.3) is 0 Å². The molecule has 0 unspecified atom stereocenters. The van der Waals surface area contributed by atoms with Crippen molar-refractivity contribution in [2.45, 2.75) is 6.17 Å². The van der Waals surface area contributed by atoms with Gasteiger partial charge in [-0.05, 0) is 53.8 Å². The number of rotatable bonds is 3. The van der Waals surface area contributed by atoms with Crippen LogP contribution in [0, 0.1) is 0 Å². The van der Waals surface area contributed by atoms with Crippen LogP contribution in [-0.4, -0.2) is 25.4 Å². The molecule has 142 valence electrons. The second-order valence-electron chi connectivity index (χ2n) is 6.55. The van der Waals surface area contributed by atoms with Crippen molar-refractivity contribution >= 4 is 45.0 Å². The molecule has 0 fully saturated rings. The van der Waals surface area contributed by atoms with Gasteiger partial charge in [0.05, 0.1) is 0 Å². The molecule has 29 heavy (non-hydrogen) atoms. The third-order valence-electron chi connectivity index (χ3n) is 4.67. The number of fused-ring (bicyclic) bond motifs is 1. The molecule has 0 amide bonds. The molecule has 0 spiro atoms. The van der Waals surface area contributed by atoms with Gasteiger partial charge >= 0.3 is 0 Å². The van der Waals surface area contributed by atoms with Gasteiger partial charge < -0.3 is 5.11 Å². The van der Waals surface area contributed by atoms with E-state index in [-0.39, 0.29) is 11.9 Å². The minimum Gasteiger partial charge on any atom is -0.508 e. The fraction of sp³-hybridized carbons (Fsp3) is 0.0455. The summed E-state index contributed by atoms with van der Waals surface area (Å²) in [6, 6.07) is 27.0. The number of thiocarbonyl (C=S) groups is 1. The molecule has 5 nitrogen and oxygen atoms in total. The summed E-state index contributed by atoms with van der Waals surface area (Å²) < 4.78 is 0. The first kappa shape index (κ1) is 17.9. The minimum atomic E-state index is -0.338. The van der Waals surface area contributed by atoms with E-state index in [1.54, 1.807) is 17.1 Å². The van der Waals surface area contributed by atoms with E-state index in [2.05, 4.69) is 0 Å². The number of aromatic hydroxyl groups is 1. The number of aliphatic imine (C=N–C) groups is 1. The first-order valence-electron chi connectivity index (χ1n) is 9.08. The summed E-state index contributed by atoms with van der Waals surface area (Å²) >= 11 is 7.37. The standard InChI is InChI=1S/C22H16N4OS2/c27-18-13-11-15(12-14-18)19-23-21-26(22(28)25(19)17-9-5-2-6-10-17)24-20(29-21)16-7-3-1-4-8-16/h1-14,19,27H/t19-/m1/s1. The second kappa shape index (κ2) is 7.35. The Morgan fingerprint density at radius 2 is 1.52 bits per heavy atom. The Morgan fingerprint density at radius 1 is 0.862 bits per heavy atom. The van der Waals surface area contributed by atoms with Gasteiger partial charge in [-0.2, -0.15) is 10.1 Å². The molecule has 7 heteroatoms. The number of phenols is 1. The topological polar surface area (TPSA) is 51.4 Å². The summed E-state index contributed by atoms with van der Waals surface area (Å²) in [5, 5.41) is 18.3. The molecule has 2 aliphatic rings. The molecule has 0 saturated carbocycles. The molecule has 0 saturated heterocycles. The zero-order valence-corrected chi connectivity index (χ0v) is 16.8. The number of thioether (sulfide) groups is 1. The highest BCUT2D eigenvalue weighted by Crippen LogP contribution is 2.38. The van der Waals surface area contributed by atoms with E-state index in [0.717, 1.165) is 27.0 Å². The van der Waals surface area contributed by atoms with E-state index >= 15 is 0 Å². The molecule has 3 aromatic carbocycles. The van der Waals surface area contributed by atoms with Crippen LogP contribution in [0.3, 0.4) is 0 Å². The predicted octanol–water partition coefficient (Wildman–Crippen LogP) is 4.96. The number of benzene rings is 3. The van der Waals surface area contributed by atoms with E-state index in [0.29, 0.717) is 5.11 Å². The Kier molecular flexibility index (Phi) is 4.54. The van der Waals surface area contributed by atoms with E-state index < -0.39 is 0 Å². The smallest absolute Gasteiger partial charge is 0.205 e. The number of amidine groups is 1. The van der Waals surface area contributed by atoms with E-state index in [4.69, 9.17) is 22.3 Å².